The van der Waals surface area contributed by atoms with E-state index >= 15 is 0 Å². The van der Waals surface area contributed by atoms with Crippen LogP contribution < -0.4 is 0 Å². The van der Waals surface area contributed by atoms with E-state index in [9.17, 15) is 13.2 Å². The van der Waals surface area contributed by atoms with Crippen molar-refractivity contribution in [3.8, 4) is 0 Å². The summed E-state index contributed by atoms with van der Waals surface area (Å²) in [7, 11) is -3.52. The summed E-state index contributed by atoms with van der Waals surface area (Å²) in [5, 5.41) is 0. The summed E-state index contributed by atoms with van der Waals surface area (Å²) in [6, 6.07) is 5.38. The first-order valence-corrected chi connectivity index (χ1v) is 11.9. The molecule has 9 heteroatoms. The number of carbonyl (C=O) groups excluding carboxylic acids is 1. The van der Waals surface area contributed by atoms with Crippen molar-refractivity contribution in [2.24, 2.45) is 4.99 Å². The van der Waals surface area contributed by atoms with Crippen LogP contribution in [0.25, 0.3) is 0 Å². The number of thioether (sulfide) groups is 2. The molecule has 0 aliphatic carbocycles. The van der Waals surface area contributed by atoms with Gasteiger partial charge < -0.3 is 4.90 Å². The van der Waals surface area contributed by atoms with E-state index in [2.05, 4.69) is 4.99 Å². The van der Waals surface area contributed by atoms with Crippen LogP contribution >= 0.6 is 23.5 Å². The van der Waals surface area contributed by atoms with Crippen molar-refractivity contribution in [2.45, 2.75) is 18.7 Å². The van der Waals surface area contributed by atoms with Crippen molar-refractivity contribution in [1.82, 2.24) is 9.21 Å². The first-order valence-electron chi connectivity index (χ1n) is 8.53. The Kier molecular flexibility index (Phi) is 6.32. The van der Waals surface area contributed by atoms with Crippen LogP contribution in [0.2, 0.25) is 0 Å². The molecule has 1 saturated heterocycles. The van der Waals surface area contributed by atoms with Crippen molar-refractivity contribution in [3.05, 3.63) is 29.3 Å². The third-order valence-electron chi connectivity index (χ3n) is 4.42. The van der Waals surface area contributed by atoms with Crippen LogP contribution in [0.5, 0.6) is 0 Å². The minimum atomic E-state index is -3.52. The van der Waals surface area contributed by atoms with Gasteiger partial charge in [-0.1, -0.05) is 41.2 Å². The average molecular weight is 414 g/mol. The number of carbonyl (C=O) groups is 1. The first-order chi connectivity index (χ1) is 12.4. The molecule has 0 radical (unpaired) electrons. The highest BCUT2D eigenvalue weighted by Gasteiger charge is 2.31. The normalized spacial score (nSPS) is 18.8. The Hall–Kier alpha value is -1.03. The lowest BCUT2D eigenvalue weighted by molar-refractivity contribution is -0.129. The first kappa shape index (κ1) is 19.7. The minimum absolute atomic E-state index is 0.0498. The van der Waals surface area contributed by atoms with Gasteiger partial charge in [0.15, 0.2) is 0 Å². The Morgan fingerprint density at radius 1 is 1.23 bits per heavy atom. The molecule has 0 atom stereocenters. The van der Waals surface area contributed by atoms with E-state index in [0.717, 1.165) is 27.8 Å². The van der Waals surface area contributed by atoms with Crippen LogP contribution in [-0.2, 0) is 14.8 Å². The second-order valence-electron chi connectivity index (χ2n) is 6.34. The van der Waals surface area contributed by atoms with Gasteiger partial charge in [-0.25, -0.2) is 8.42 Å². The second kappa shape index (κ2) is 8.33. The molecule has 2 aliphatic heterocycles. The largest absolute Gasteiger partial charge is 0.339 e. The molecule has 2 aliphatic rings. The lowest BCUT2D eigenvalue weighted by Crippen LogP contribution is -2.51. The van der Waals surface area contributed by atoms with E-state index in [4.69, 9.17) is 0 Å². The van der Waals surface area contributed by atoms with Gasteiger partial charge in [-0.3, -0.25) is 9.79 Å². The zero-order valence-electron chi connectivity index (χ0n) is 15.0. The number of rotatable bonds is 4. The fourth-order valence-corrected chi connectivity index (χ4v) is 6.56. The molecule has 1 aromatic carbocycles. The molecular formula is C17H23N3O3S3. The van der Waals surface area contributed by atoms with Crippen molar-refractivity contribution in [3.63, 3.8) is 0 Å². The van der Waals surface area contributed by atoms with E-state index in [0.29, 0.717) is 36.8 Å². The number of amides is 1. The Morgan fingerprint density at radius 3 is 2.58 bits per heavy atom. The summed E-state index contributed by atoms with van der Waals surface area (Å²) < 4.78 is 28.3. The van der Waals surface area contributed by atoms with Gasteiger partial charge in [0.2, 0.25) is 15.9 Å². The Labute approximate surface area is 163 Å². The SMILES string of the molecule is Cc1ccc(S(=O)(=O)N2CCN(C(=O)CSC3=NCCS3)CC2)c(C)c1. The van der Waals surface area contributed by atoms with Gasteiger partial charge >= 0.3 is 0 Å². The number of hydrogen-bond donors (Lipinski definition) is 0. The molecule has 0 saturated carbocycles. The molecule has 0 aromatic heterocycles. The smallest absolute Gasteiger partial charge is 0.243 e. The molecule has 26 heavy (non-hydrogen) atoms. The molecule has 0 spiro atoms. The van der Waals surface area contributed by atoms with E-state index in [-0.39, 0.29) is 5.91 Å². The zero-order chi connectivity index (χ0) is 18.7. The van der Waals surface area contributed by atoms with Crippen molar-refractivity contribution < 1.29 is 13.2 Å². The number of nitrogens with zero attached hydrogens (tertiary/aromatic N) is 3. The molecule has 142 valence electrons. The maximum Gasteiger partial charge on any atom is 0.243 e. The average Bonchev–Trinajstić information content (AvgIpc) is 3.13. The molecule has 0 unspecified atom stereocenters. The number of aliphatic imine (C=N–C) groups is 1. The van der Waals surface area contributed by atoms with Gasteiger partial charge in [-0.05, 0) is 25.5 Å². The summed E-state index contributed by atoms with van der Waals surface area (Å²) in [4.78, 5) is 18.8. The van der Waals surface area contributed by atoms with Crippen molar-refractivity contribution in [2.75, 3.05) is 44.2 Å². The van der Waals surface area contributed by atoms with Crippen LogP contribution in [0.3, 0.4) is 0 Å². The minimum Gasteiger partial charge on any atom is -0.339 e. The Balaban J connectivity index is 1.58. The summed E-state index contributed by atoms with van der Waals surface area (Å²) in [5.41, 5.74) is 1.80. The van der Waals surface area contributed by atoms with Crippen LogP contribution in [0.4, 0.5) is 0 Å². The highest BCUT2D eigenvalue weighted by molar-refractivity contribution is 8.39. The molecule has 1 amide bonds. The number of sulfonamides is 1. The highest BCUT2D eigenvalue weighted by atomic mass is 32.2. The summed E-state index contributed by atoms with van der Waals surface area (Å²) in [6.07, 6.45) is 0. The molecule has 0 N–H and O–H groups in total. The third kappa shape index (κ3) is 4.44. The topological polar surface area (TPSA) is 70.1 Å². The van der Waals surface area contributed by atoms with E-state index in [1.165, 1.54) is 16.1 Å². The highest BCUT2D eigenvalue weighted by Crippen LogP contribution is 2.24. The third-order valence-corrected chi connectivity index (χ3v) is 8.71. The zero-order valence-corrected chi connectivity index (χ0v) is 17.4. The predicted octanol–water partition coefficient (Wildman–Crippen LogP) is 1.97. The second-order valence-corrected chi connectivity index (χ2v) is 10.6. The number of hydrogen-bond acceptors (Lipinski definition) is 6. The molecule has 6 nitrogen and oxygen atoms in total. The molecule has 3 rings (SSSR count). The maximum atomic E-state index is 12.9. The van der Waals surface area contributed by atoms with Crippen molar-refractivity contribution in [1.29, 1.82) is 0 Å². The summed E-state index contributed by atoms with van der Waals surface area (Å²) >= 11 is 3.17. The van der Waals surface area contributed by atoms with Crippen LogP contribution in [0.1, 0.15) is 11.1 Å². The Bertz CT molecular complexity index is 816. The monoisotopic (exact) mass is 413 g/mol. The van der Waals surface area contributed by atoms with E-state index in [1.54, 1.807) is 22.7 Å². The van der Waals surface area contributed by atoms with E-state index in [1.807, 2.05) is 26.0 Å². The van der Waals surface area contributed by atoms with Gasteiger partial charge in [0.1, 0.15) is 4.38 Å². The maximum absolute atomic E-state index is 12.9. The molecule has 1 fully saturated rings. The lowest BCUT2D eigenvalue weighted by Gasteiger charge is -2.34. The number of benzene rings is 1. The fourth-order valence-electron chi connectivity index (χ4n) is 3.02. The fraction of sp³-hybridized carbons (Fsp3) is 0.529. The van der Waals surface area contributed by atoms with Gasteiger partial charge in [-0.2, -0.15) is 4.31 Å². The lowest BCUT2D eigenvalue weighted by atomic mass is 10.2. The van der Waals surface area contributed by atoms with Gasteiger partial charge in [0.05, 0.1) is 17.2 Å². The molecule has 1 aromatic rings. The van der Waals surface area contributed by atoms with Gasteiger partial charge in [0, 0.05) is 31.9 Å². The summed E-state index contributed by atoms with van der Waals surface area (Å²) in [5.74, 6) is 1.41. The van der Waals surface area contributed by atoms with Crippen LogP contribution in [-0.4, -0.2) is 72.1 Å². The number of piperazine rings is 1. The molecule has 0 bridgehead atoms. The number of aryl methyl sites for hydroxylation is 2. The van der Waals surface area contributed by atoms with Crippen molar-refractivity contribution >= 4 is 43.8 Å². The van der Waals surface area contributed by atoms with Crippen LogP contribution in [0, 0.1) is 13.8 Å². The summed E-state index contributed by atoms with van der Waals surface area (Å²) in [6.45, 7) is 6.13. The van der Waals surface area contributed by atoms with E-state index < -0.39 is 10.0 Å². The predicted molar refractivity (Wildman–Crippen MR) is 108 cm³/mol. The standard InChI is InChI=1S/C17H23N3O3S3/c1-13-3-4-15(14(2)11-13)26(22,23)20-8-6-19(7-9-20)16(21)12-25-17-18-5-10-24-17/h3-4,11H,5-10,12H2,1-2H3. The van der Waals surface area contributed by atoms with Crippen LogP contribution in [0.15, 0.2) is 28.1 Å². The van der Waals surface area contributed by atoms with Gasteiger partial charge in [0.25, 0.3) is 0 Å². The quantitative estimate of drug-likeness (QED) is 0.755. The Morgan fingerprint density at radius 2 is 1.96 bits per heavy atom. The van der Waals surface area contributed by atoms with Gasteiger partial charge in [-0.15, -0.1) is 0 Å². The molecular weight excluding hydrogens is 390 g/mol. The molecule has 2 heterocycles.